The van der Waals surface area contributed by atoms with Gasteiger partial charge in [-0.3, -0.25) is 9.78 Å². The molecule has 0 spiro atoms. The first-order chi connectivity index (χ1) is 15.5. The van der Waals surface area contributed by atoms with Gasteiger partial charge in [-0.2, -0.15) is 0 Å². The molecule has 2 aromatic carbocycles. The summed E-state index contributed by atoms with van der Waals surface area (Å²) in [4.78, 5) is 23.6. The van der Waals surface area contributed by atoms with Crippen molar-refractivity contribution < 1.29 is 14.6 Å². The fourth-order valence-corrected chi connectivity index (χ4v) is 3.24. The molecule has 0 saturated carbocycles. The van der Waals surface area contributed by atoms with Gasteiger partial charge in [-0.15, -0.1) is 0 Å². The van der Waals surface area contributed by atoms with Crippen LogP contribution in [0.5, 0.6) is 11.5 Å². The SMILES string of the molecule is CCN(CC)CCNC(=O)c1ccc(Nc2cncc(-c3ccc(O)cc3)n2)c(OC)c1. The molecule has 0 aliphatic heterocycles. The summed E-state index contributed by atoms with van der Waals surface area (Å²) in [6.45, 7) is 7.52. The van der Waals surface area contributed by atoms with Crippen LogP contribution in [0.15, 0.2) is 54.9 Å². The van der Waals surface area contributed by atoms with Crippen LogP contribution in [0, 0.1) is 0 Å². The first-order valence-electron chi connectivity index (χ1n) is 10.6. The third kappa shape index (κ3) is 5.95. The standard InChI is InChI=1S/C24H29N5O3/c1-4-29(5-2)13-12-26-24(31)18-8-11-20(22(14-18)32-3)27-23-16-25-15-21(28-23)17-6-9-19(30)10-7-17/h6-11,14-16,30H,4-5,12-13H2,1-3H3,(H,26,31)(H,27,28). The number of anilines is 2. The summed E-state index contributed by atoms with van der Waals surface area (Å²) in [6, 6.07) is 12.0. The number of likely N-dealkylation sites (N-methyl/N-ethyl adjacent to an activating group) is 1. The second-order valence-electron chi connectivity index (χ2n) is 7.16. The summed E-state index contributed by atoms with van der Waals surface area (Å²) in [6.07, 6.45) is 3.26. The molecule has 0 atom stereocenters. The van der Waals surface area contributed by atoms with E-state index in [9.17, 15) is 9.90 Å². The number of phenols is 1. The number of aromatic hydroxyl groups is 1. The van der Waals surface area contributed by atoms with Gasteiger partial charge < -0.3 is 25.4 Å². The van der Waals surface area contributed by atoms with Gasteiger partial charge >= 0.3 is 0 Å². The molecule has 0 fully saturated rings. The maximum Gasteiger partial charge on any atom is 0.251 e. The van der Waals surface area contributed by atoms with E-state index in [4.69, 9.17) is 4.74 Å². The van der Waals surface area contributed by atoms with E-state index in [1.165, 1.54) is 0 Å². The van der Waals surface area contributed by atoms with E-state index >= 15 is 0 Å². The number of hydrogen-bond acceptors (Lipinski definition) is 7. The summed E-state index contributed by atoms with van der Waals surface area (Å²) < 4.78 is 5.49. The van der Waals surface area contributed by atoms with E-state index < -0.39 is 0 Å². The first-order valence-corrected chi connectivity index (χ1v) is 10.6. The Morgan fingerprint density at radius 3 is 2.53 bits per heavy atom. The van der Waals surface area contributed by atoms with Crippen molar-refractivity contribution in [2.75, 3.05) is 38.6 Å². The van der Waals surface area contributed by atoms with Crippen LogP contribution in [-0.4, -0.2) is 59.2 Å². The van der Waals surface area contributed by atoms with E-state index in [1.54, 1.807) is 62.0 Å². The Morgan fingerprint density at radius 1 is 1.09 bits per heavy atom. The van der Waals surface area contributed by atoms with Gasteiger partial charge in [0.05, 0.1) is 30.9 Å². The average molecular weight is 436 g/mol. The van der Waals surface area contributed by atoms with Crippen molar-refractivity contribution >= 4 is 17.4 Å². The van der Waals surface area contributed by atoms with E-state index in [0.717, 1.165) is 25.2 Å². The molecule has 1 heterocycles. The number of ether oxygens (including phenoxy) is 1. The van der Waals surface area contributed by atoms with Crippen LogP contribution in [-0.2, 0) is 0 Å². The number of nitrogens with one attached hydrogen (secondary N) is 2. The Bertz CT molecular complexity index is 1040. The van der Waals surface area contributed by atoms with Crippen molar-refractivity contribution in [2.45, 2.75) is 13.8 Å². The Kier molecular flexibility index (Phi) is 7.99. The van der Waals surface area contributed by atoms with Crippen LogP contribution in [0.4, 0.5) is 11.5 Å². The second-order valence-corrected chi connectivity index (χ2v) is 7.16. The van der Waals surface area contributed by atoms with E-state index in [1.807, 2.05) is 0 Å². The van der Waals surface area contributed by atoms with Crippen molar-refractivity contribution in [3.05, 3.63) is 60.4 Å². The van der Waals surface area contributed by atoms with E-state index in [-0.39, 0.29) is 11.7 Å². The minimum Gasteiger partial charge on any atom is -0.508 e. The molecule has 3 rings (SSSR count). The number of nitrogens with zero attached hydrogens (tertiary/aromatic N) is 3. The number of methoxy groups -OCH3 is 1. The lowest BCUT2D eigenvalue weighted by Crippen LogP contribution is -2.34. The number of phenolic OH excluding ortho intramolecular Hbond substituents is 1. The molecule has 32 heavy (non-hydrogen) atoms. The van der Waals surface area contributed by atoms with Gasteiger partial charge in [0.15, 0.2) is 0 Å². The molecule has 3 aromatic rings. The number of carbonyl (C=O) groups is 1. The molecule has 0 aliphatic carbocycles. The summed E-state index contributed by atoms with van der Waals surface area (Å²) in [7, 11) is 1.56. The van der Waals surface area contributed by atoms with E-state index in [2.05, 4.69) is 39.3 Å². The molecule has 0 bridgehead atoms. The van der Waals surface area contributed by atoms with Gasteiger partial charge in [0.2, 0.25) is 0 Å². The zero-order chi connectivity index (χ0) is 22.9. The second kappa shape index (κ2) is 11.1. The van der Waals surface area contributed by atoms with Crippen LogP contribution < -0.4 is 15.4 Å². The largest absolute Gasteiger partial charge is 0.508 e. The van der Waals surface area contributed by atoms with Crippen molar-refractivity contribution in [3.8, 4) is 22.8 Å². The van der Waals surface area contributed by atoms with Gasteiger partial charge in [-0.25, -0.2) is 4.98 Å². The van der Waals surface area contributed by atoms with Crippen molar-refractivity contribution in [2.24, 2.45) is 0 Å². The lowest BCUT2D eigenvalue weighted by Gasteiger charge is -2.18. The summed E-state index contributed by atoms with van der Waals surface area (Å²) in [5.74, 6) is 1.11. The minimum atomic E-state index is -0.142. The van der Waals surface area contributed by atoms with Gasteiger partial charge in [-0.1, -0.05) is 13.8 Å². The molecule has 0 saturated heterocycles. The van der Waals surface area contributed by atoms with Crippen LogP contribution in [0.2, 0.25) is 0 Å². The quantitative estimate of drug-likeness (QED) is 0.447. The van der Waals surface area contributed by atoms with Gasteiger partial charge in [0.25, 0.3) is 5.91 Å². The number of rotatable bonds is 10. The van der Waals surface area contributed by atoms with Crippen molar-refractivity contribution in [1.82, 2.24) is 20.2 Å². The number of carbonyl (C=O) groups excluding carboxylic acids is 1. The fourth-order valence-electron chi connectivity index (χ4n) is 3.24. The molecule has 8 heteroatoms. The Hall–Kier alpha value is -3.65. The monoisotopic (exact) mass is 435 g/mol. The van der Waals surface area contributed by atoms with Crippen LogP contribution >= 0.6 is 0 Å². The molecular formula is C24H29N5O3. The smallest absolute Gasteiger partial charge is 0.251 e. The molecule has 0 aliphatic rings. The predicted octanol–water partition coefficient (Wildman–Crippen LogP) is 3.67. The Morgan fingerprint density at radius 2 is 1.84 bits per heavy atom. The van der Waals surface area contributed by atoms with Gasteiger partial charge in [-0.05, 0) is 55.6 Å². The molecule has 0 radical (unpaired) electrons. The zero-order valence-electron chi connectivity index (χ0n) is 18.6. The van der Waals surface area contributed by atoms with Crippen LogP contribution in [0.25, 0.3) is 11.3 Å². The summed E-state index contributed by atoms with van der Waals surface area (Å²) >= 11 is 0. The maximum atomic E-state index is 12.5. The van der Waals surface area contributed by atoms with Crippen LogP contribution in [0.1, 0.15) is 24.2 Å². The maximum absolute atomic E-state index is 12.5. The highest BCUT2D eigenvalue weighted by Gasteiger charge is 2.12. The molecule has 8 nitrogen and oxygen atoms in total. The number of amides is 1. The van der Waals surface area contributed by atoms with Crippen molar-refractivity contribution in [1.29, 1.82) is 0 Å². The Labute approximate surface area is 188 Å². The number of hydrogen-bond donors (Lipinski definition) is 3. The lowest BCUT2D eigenvalue weighted by molar-refractivity contribution is 0.0948. The topological polar surface area (TPSA) is 99.6 Å². The molecule has 0 unspecified atom stereocenters. The van der Waals surface area contributed by atoms with E-state index in [0.29, 0.717) is 35.1 Å². The number of benzene rings is 2. The van der Waals surface area contributed by atoms with Crippen molar-refractivity contribution in [3.63, 3.8) is 0 Å². The highest BCUT2D eigenvalue weighted by atomic mass is 16.5. The average Bonchev–Trinajstić information content (AvgIpc) is 2.82. The summed E-state index contributed by atoms with van der Waals surface area (Å²) in [5, 5.41) is 15.6. The minimum absolute atomic E-state index is 0.142. The molecule has 1 aromatic heterocycles. The van der Waals surface area contributed by atoms with Gasteiger partial charge in [0, 0.05) is 24.2 Å². The predicted molar refractivity (Wildman–Crippen MR) is 126 cm³/mol. The normalized spacial score (nSPS) is 10.8. The summed E-state index contributed by atoms with van der Waals surface area (Å²) in [5.41, 5.74) is 2.70. The first kappa shape index (κ1) is 23.0. The Balaban J connectivity index is 1.70. The lowest BCUT2D eigenvalue weighted by atomic mass is 10.1. The third-order valence-corrected chi connectivity index (χ3v) is 5.13. The third-order valence-electron chi connectivity index (χ3n) is 5.13. The van der Waals surface area contributed by atoms with Crippen LogP contribution in [0.3, 0.4) is 0 Å². The molecule has 3 N–H and O–H groups in total. The molecular weight excluding hydrogens is 406 g/mol. The number of aromatic nitrogens is 2. The molecule has 168 valence electrons. The molecule has 1 amide bonds. The van der Waals surface area contributed by atoms with Gasteiger partial charge in [0.1, 0.15) is 17.3 Å². The highest BCUT2D eigenvalue weighted by Crippen LogP contribution is 2.29. The zero-order valence-corrected chi connectivity index (χ0v) is 18.6. The highest BCUT2D eigenvalue weighted by molar-refractivity contribution is 5.95. The fraction of sp³-hybridized carbons (Fsp3) is 0.292.